The fourth-order valence-corrected chi connectivity index (χ4v) is 6.41. The molecule has 6 nitrogen and oxygen atoms in total. The number of hydrogen-bond donors (Lipinski definition) is 0. The summed E-state index contributed by atoms with van der Waals surface area (Å²) in [5, 5.41) is 0. The molecule has 0 bridgehead atoms. The Morgan fingerprint density at radius 1 is 1.06 bits per heavy atom. The topological polar surface area (TPSA) is 60.9 Å². The lowest BCUT2D eigenvalue weighted by Crippen LogP contribution is -2.55. The molecule has 0 N–H and O–H groups in total. The molecule has 2 unspecified atom stereocenters. The van der Waals surface area contributed by atoms with Crippen LogP contribution in [-0.2, 0) is 21.2 Å². The van der Waals surface area contributed by atoms with Crippen molar-refractivity contribution in [3.05, 3.63) is 66.2 Å². The normalized spacial score (nSPS) is 23.9. The largest absolute Gasteiger partial charge is 0.312 e. The summed E-state index contributed by atoms with van der Waals surface area (Å²) in [4.78, 5) is 17.4. The molecular formula is C26H35N3O3S. The van der Waals surface area contributed by atoms with Crippen LogP contribution in [-0.4, -0.2) is 69.1 Å². The number of anilines is 1. The average Bonchev–Trinajstić information content (AvgIpc) is 3.21. The Hall–Kier alpha value is -2.22. The zero-order valence-corrected chi connectivity index (χ0v) is 20.5. The number of amides is 1. The van der Waals surface area contributed by atoms with Crippen LogP contribution in [0, 0.1) is 11.3 Å². The first-order chi connectivity index (χ1) is 15.8. The third-order valence-corrected chi connectivity index (χ3v) is 8.50. The first-order valence-corrected chi connectivity index (χ1v) is 13.7. The fourth-order valence-electron chi connectivity index (χ4n) is 5.47. The number of nitrogens with zero attached hydrogens (tertiary/aromatic N) is 3. The van der Waals surface area contributed by atoms with E-state index in [0.717, 1.165) is 38.2 Å². The molecule has 33 heavy (non-hydrogen) atoms. The van der Waals surface area contributed by atoms with Crippen molar-refractivity contribution >= 4 is 21.6 Å². The van der Waals surface area contributed by atoms with Crippen molar-refractivity contribution in [2.24, 2.45) is 11.3 Å². The summed E-state index contributed by atoms with van der Waals surface area (Å²) in [6.45, 7) is 6.15. The van der Waals surface area contributed by atoms with E-state index in [2.05, 4.69) is 29.2 Å². The van der Waals surface area contributed by atoms with Crippen LogP contribution >= 0.6 is 0 Å². The standard InChI is InChI=1S/C26H35N3O3S/c1-3-25(30)29(24-12-8-5-9-13-24)21-26-19-27(16-14-22-10-6-4-7-11-22)17-15-23(26)18-28(20-26)33(2,31)32/h4-13,23H,3,14-21H2,1-2H3. The number of benzene rings is 2. The van der Waals surface area contributed by atoms with Gasteiger partial charge in [0.25, 0.3) is 0 Å². The molecule has 0 aliphatic carbocycles. The SMILES string of the molecule is CCC(=O)N(CC12CN(CCc3ccccc3)CCC1CN(S(C)(=O)=O)C2)c1ccccc1. The van der Waals surface area contributed by atoms with Crippen LogP contribution in [0.4, 0.5) is 5.69 Å². The van der Waals surface area contributed by atoms with Gasteiger partial charge in [0.2, 0.25) is 15.9 Å². The Balaban J connectivity index is 1.60. The molecule has 7 heteroatoms. The van der Waals surface area contributed by atoms with Crippen molar-refractivity contribution < 1.29 is 13.2 Å². The molecule has 0 spiro atoms. The van der Waals surface area contributed by atoms with Gasteiger partial charge in [0.15, 0.2) is 0 Å². The summed E-state index contributed by atoms with van der Waals surface area (Å²) in [5.74, 6) is 0.324. The molecule has 2 atom stereocenters. The average molecular weight is 470 g/mol. The minimum atomic E-state index is -3.29. The predicted molar refractivity (Wildman–Crippen MR) is 133 cm³/mol. The number of carbonyl (C=O) groups excluding carboxylic acids is 1. The predicted octanol–water partition coefficient (Wildman–Crippen LogP) is 3.26. The third-order valence-electron chi connectivity index (χ3n) is 7.29. The van der Waals surface area contributed by atoms with Gasteiger partial charge in [0.1, 0.15) is 0 Å². The molecule has 2 fully saturated rings. The number of piperidine rings is 1. The summed E-state index contributed by atoms with van der Waals surface area (Å²) < 4.78 is 26.6. The Morgan fingerprint density at radius 3 is 2.36 bits per heavy atom. The fraction of sp³-hybridized carbons (Fsp3) is 0.500. The molecule has 1 amide bonds. The van der Waals surface area contributed by atoms with Gasteiger partial charge in [-0.3, -0.25) is 4.79 Å². The van der Waals surface area contributed by atoms with Crippen molar-refractivity contribution in [3.63, 3.8) is 0 Å². The van der Waals surface area contributed by atoms with E-state index in [1.807, 2.05) is 48.2 Å². The highest BCUT2D eigenvalue weighted by Crippen LogP contribution is 2.44. The maximum absolute atomic E-state index is 13.0. The van der Waals surface area contributed by atoms with Gasteiger partial charge in [-0.1, -0.05) is 55.5 Å². The molecule has 2 aromatic rings. The van der Waals surface area contributed by atoms with E-state index in [-0.39, 0.29) is 17.2 Å². The molecule has 0 radical (unpaired) electrons. The summed E-state index contributed by atoms with van der Waals surface area (Å²) in [5.41, 5.74) is 1.92. The van der Waals surface area contributed by atoms with Gasteiger partial charge in [0.05, 0.1) is 6.26 Å². The second kappa shape index (κ2) is 9.95. The van der Waals surface area contributed by atoms with Crippen molar-refractivity contribution in [2.75, 3.05) is 50.4 Å². The van der Waals surface area contributed by atoms with Crippen LogP contribution in [0.15, 0.2) is 60.7 Å². The van der Waals surface area contributed by atoms with Crippen LogP contribution in [0.1, 0.15) is 25.3 Å². The Morgan fingerprint density at radius 2 is 1.73 bits per heavy atom. The molecule has 178 valence electrons. The summed E-state index contributed by atoms with van der Waals surface area (Å²) in [6.07, 6.45) is 3.64. The van der Waals surface area contributed by atoms with E-state index in [0.29, 0.717) is 26.1 Å². The van der Waals surface area contributed by atoms with Gasteiger partial charge in [-0.05, 0) is 43.0 Å². The van der Waals surface area contributed by atoms with Gasteiger partial charge >= 0.3 is 0 Å². The Kier molecular flexibility index (Phi) is 7.22. The maximum atomic E-state index is 13.0. The number of hydrogen-bond acceptors (Lipinski definition) is 4. The lowest BCUT2D eigenvalue weighted by Gasteiger charge is -2.46. The first kappa shape index (κ1) is 23.9. The van der Waals surface area contributed by atoms with Crippen LogP contribution < -0.4 is 4.90 Å². The van der Waals surface area contributed by atoms with Crippen molar-refractivity contribution in [1.82, 2.24) is 9.21 Å². The number of rotatable bonds is 8. The monoisotopic (exact) mass is 469 g/mol. The Labute approximate surface area is 198 Å². The number of sulfonamides is 1. The lowest BCUT2D eigenvalue weighted by molar-refractivity contribution is -0.118. The minimum Gasteiger partial charge on any atom is -0.312 e. The molecule has 2 aliphatic rings. The van der Waals surface area contributed by atoms with E-state index in [9.17, 15) is 13.2 Å². The molecule has 2 heterocycles. The van der Waals surface area contributed by atoms with Gasteiger partial charge in [-0.15, -0.1) is 0 Å². The van der Waals surface area contributed by atoms with Crippen molar-refractivity contribution in [3.8, 4) is 0 Å². The Bertz CT molecular complexity index is 1040. The van der Waals surface area contributed by atoms with Crippen LogP contribution in [0.5, 0.6) is 0 Å². The number of fused-ring (bicyclic) bond motifs is 1. The van der Waals surface area contributed by atoms with Crippen molar-refractivity contribution in [2.45, 2.75) is 26.2 Å². The van der Waals surface area contributed by atoms with E-state index in [4.69, 9.17) is 0 Å². The van der Waals surface area contributed by atoms with E-state index in [1.54, 1.807) is 4.31 Å². The van der Waals surface area contributed by atoms with Gasteiger partial charge in [-0.2, -0.15) is 0 Å². The number of carbonyl (C=O) groups is 1. The van der Waals surface area contributed by atoms with Gasteiger partial charge < -0.3 is 9.80 Å². The highest BCUT2D eigenvalue weighted by atomic mass is 32.2. The van der Waals surface area contributed by atoms with Crippen LogP contribution in [0.3, 0.4) is 0 Å². The number of likely N-dealkylation sites (tertiary alicyclic amines) is 1. The quantitative estimate of drug-likeness (QED) is 0.596. The second-order valence-corrected chi connectivity index (χ2v) is 11.6. The van der Waals surface area contributed by atoms with E-state index >= 15 is 0 Å². The molecule has 4 rings (SSSR count). The highest BCUT2D eigenvalue weighted by molar-refractivity contribution is 7.88. The van der Waals surface area contributed by atoms with Crippen LogP contribution in [0.25, 0.3) is 0 Å². The number of para-hydroxylation sites is 1. The lowest BCUT2D eigenvalue weighted by atomic mass is 9.72. The maximum Gasteiger partial charge on any atom is 0.226 e. The summed E-state index contributed by atoms with van der Waals surface area (Å²) in [6, 6.07) is 20.3. The van der Waals surface area contributed by atoms with E-state index < -0.39 is 10.0 Å². The van der Waals surface area contributed by atoms with E-state index in [1.165, 1.54) is 11.8 Å². The molecule has 2 saturated heterocycles. The summed E-state index contributed by atoms with van der Waals surface area (Å²) in [7, 11) is -3.29. The first-order valence-electron chi connectivity index (χ1n) is 11.9. The zero-order chi connectivity index (χ0) is 23.5. The molecule has 0 saturated carbocycles. The molecular weight excluding hydrogens is 434 g/mol. The molecule has 2 aromatic carbocycles. The third kappa shape index (κ3) is 5.48. The minimum absolute atomic E-state index is 0.0774. The molecule has 2 aliphatic heterocycles. The van der Waals surface area contributed by atoms with Crippen LogP contribution in [0.2, 0.25) is 0 Å². The highest BCUT2D eigenvalue weighted by Gasteiger charge is 2.52. The van der Waals surface area contributed by atoms with Gasteiger partial charge in [0, 0.05) is 50.2 Å². The van der Waals surface area contributed by atoms with Gasteiger partial charge in [-0.25, -0.2) is 12.7 Å². The second-order valence-electron chi connectivity index (χ2n) is 9.58. The smallest absolute Gasteiger partial charge is 0.226 e. The molecule has 0 aromatic heterocycles. The zero-order valence-electron chi connectivity index (χ0n) is 19.7. The summed E-state index contributed by atoms with van der Waals surface area (Å²) >= 11 is 0. The van der Waals surface area contributed by atoms with Crippen molar-refractivity contribution in [1.29, 1.82) is 0 Å².